The zero-order valence-corrected chi connectivity index (χ0v) is 11.8. The second-order valence-corrected chi connectivity index (χ2v) is 4.65. The van der Waals surface area contributed by atoms with E-state index in [9.17, 15) is 14.9 Å². The van der Waals surface area contributed by atoms with E-state index in [1.165, 1.54) is 18.2 Å². The van der Waals surface area contributed by atoms with Crippen molar-refractivity contribution >= 4 is 11.7 Å². The average Bonchev–Trinajstić information content (AvgIpc) is 2.47. The number of nitrogens with zero attached hydrogens (tertiary/aromatic N) is 1. The Balaban J connectivity index is 2.16. The summed E-state index contributed by atoms with van der Waals surface area (Å²) in [6, 6.07) is 11.4. The predicted octanol–water partition coefficient (Wildman–Crippen LogP) is 3.68. The molecule has 2 rings (SSSR count). The first kappa shape index (κ1) is 14.7. The molecule has 0 spiro atoms. The van der Waals surface area contributed by atoms with Crippen molar-refractivity contribution in [3.63, 3.8) is 0 Å². The van der Waals surface area contributed by atoms with Crippen molar-refractivity contribution in [1.29, 1.82) is 0 Å². The van der Waals surface area contributed by atoms with Gasteiger partial charge in [-0.1, -0.05) is 19.1 Å². The van der Waals surface area contributed by atoms with Gasteiger partial charge in [0.2, 0.25) is 0 Å². The Morgan fingerprint density at radius 1 is 1.19 bits per heavy atom. The van der Waals surface area contributed by atoms with Crippen LogP contribution >= 0.6 is 0 Å². The zero-order chi connectivity index (χ0) is 15.4. The van der Waals surface area contributed by atoms with Gasteiger partial charge < -0.3 is 4.74 Å². The highest BCUT2D eigenvalue weighted by atomic mass is 16.6. The molecule has 2 aromatic rings. The molecule has 0 atom stereocenters. The van der Waals surface area contributed by atoms with Crippen LogP contribution in [0, 0.1) is 17.0 Å². The maximum atomic E-state index is 12.0. The van der Waals surface area contributed by atoms with Crippen LogP contribution in [0.3, 0.4) is 0 Å². The van der Waals surface area contributed by atoms with Crippen molar-refractivity contribution in [2.45, 2.75) is 20.3 Å². The molecule has 0 amide bonds. The molecule has 0 saturated heterocycles. The van der Waals surface area contributed by atoms with Crippen LogP contribution in [0.15, 0.2) is 42.5 Å². The van der Waals surface area contributed by atoms with Gasteiger partial charge in [0.25, 0.3) is 5.69 Å². The summed E-state index contributed by atoms with van der Waals surface area (Å²) in [6.07, 6.45) is 0.912. The number of hydrogen-bond acceptors (Lipinski definition) is 4. The Labute approximate surface area is 122 Å². The molecule has 0 radical (unpaired) electrons. The van der Waals surface area contributed by atoms with Crippen molar-refractivity contribution in [2.24, 2.45) is 0 Å². The van der Waals surface area contributed by atoms with Crippen LogP contribution < -0.4 is 4.74 Å². The lowest BCUT2D eigenvalue weighted by atomic mass is 10.1. The molecule has 2 aromatic carbocycles. The number of carbonyl (C=O) groups excluding carboxylic acids is 1. The molecule has 0 unspecified atom stereocenters. The minimum Gasteiger partial charge on any atom is -0.423 e. The first-order chi connectivity index (χ1) is 10.0. The van der Waals surface area contributed by atoms with Crippen molar-refractivity contribution in [3.8, 4) is 5.75 Å². The largest absolute Gasteiger partial charge is 0.423 e. The van der Waals surface area contributed by atoms with E-state index in [0.29, 0.717) is 11.3 Å². The van der Waals surface area contributed by atoms with E-state index in [-0.39, 0.29) is 11.3 Å². The fourth-order valence-corrected chi connectivity index (χ4v) is 1.95. The highest BCUT2D eigenvalue weighted by Crippen LogP contribution is 2.20. The summed E-state index contributed by atoms with van der Waals surface area (Å²) in [6.45, 7) is 3.63. The number of hydrogen-bond donors (Lipinski definition) is 0. The Bertz CT molecular complexity index is 677. The van der Waals surface area contributed by atoms with E-state index >= 15 is 0 Å². The molecule has 0 saturated carbocycles. The predicted molar refractivity (Wildman–Crippen MR) is 78.6 cm³/mol. The molecule has 0 aromatic heterocycles. The van der Waals surface area contributed by atoms with Crippen LogP contribution in [0.5, 0.6) is 5.75 Å². The summed E-state index contributed by atoms with van der Waals surface area (Å²) in [7, 11) is 0. The third kappa shape index (κ3) is 3.45. The number of nitro benzene ring substituents is 1. The summed E-state index contributed by atoms with van der Waals surface area (Å²) >= 11 is 0. The van der Waals surface area contributed by atoms with Gasteiger partial charge in [-0.2, -0.15) is 0 Å². The minimum atomic E-state index is -0.530. The zero-order valence-electron chi connectivity index (χ0n) is 11.8. The molecule has 0 aliphatic rings. The molecule has 5 heteroatoms. The van der Waals surface area contributed by atoms with Gasteiger partial charge in [-0.15, -0.1) is 0 Å². The van der Waals surface area contributed by atoms with E-state index in [1.54, 1.807) is 19.1 Å². The summed E-state index contributed by atoms with van der Waals surface area (Å²) in [4.78, 5) is 22.3. The molecule has 0 aliphatic carbocycles. The van der Waals surface area contributed by atoms with Crippen LogP contribution in [-0.2, 0) is 6.42 Å². The van der Waals surface area contributed by atoms with Crippen LogP contribution in [0.1, 0.15) is 28.4 Å². The van der Waals surface area contributed by atoms with E-state index in [4.69, 9.17) is 4.74 Å². The van der Waals surface area contributed by atoms with E-state index < -0.39 is 10.9 Å². The van der Waals surface area contributed by atoms with Crippen LogP contribution in [0.25, 0.3) is 0 Å². The SMILES string of the molecule is CCc1ccc(OC(=O)c2ccc([N+](=O)[O-])c(C)c2)cc1. The Hall–Kier alpha value is -2.69. The normalized spacial score (nSPS) is 10.2. The number of carbonyl (C=O) groups is 1. The molecule has 0 aliphatic heterocycles. The Morgan fingerprint density at radius 3 is 2.38 bits per heavy atom. The van der Waals surface area contributed by atoms with Crippen LogP contribution in [0.4, 0.5) is 5.69 Å². The Kier molecular flexibility index (Phi) is 4.33. The number of ether oxygens (including phenoxy) is 1. The molecular formula is C16H15NO4. The van der Waals surface area contributed by atoms with Crippen molar-refractivity contribution in [3.05, 3.63) is 69.3 Å². The number of aryl methyl sites for hydroxylation is 2. The highest BCUT2D eigenvalue weighted by Gasteiger charge is 2.15. The van der Waals surface area contributed by atoms with Crippen molar-refractivity contribution < 1.29 is 14.5 Å². The van der Waals surface area contributed by atoms with Gasteiger partial charge in [0, 0.05) is 11.6 Å². The van der Waals surface area contributed by atoms with Gasteiger partial charge in [-0.3, -0.25) is 10.1 Å². The quantitative estimate of drug-likeness (QED) is 0.372. The maximum Gasteiger partial charge on any atom is 0.343 e. The molecule has 108 valence electrons. The minimum absolute atomic E-state index is 0.0150. The number of rotatable bonds is 4. The molecule has 0 heterocycles. The van der Waals surface area contributed by atoms with Gasteiger partial charge in [-0.05, 0) is 43.2 Å². The van der Waals surface area contributed by atoms with Crippen molar-refractivity contribution in [1.82, 2.24) is 0 Å². The second-order valence-electron chi connectivity index (χ2n) is 4.65. The molecule has 0 bridgehead atoms. The summed E-state index contributed by atoms with van der Waals surface area (Å²) in [5.74, 6) is -0.0783. The molecule has 0 fully saturated rings. The average molecular weight is 285 g/mol. The topological polar surface area (TPSA) is 69.4 Å². The number of nitro groups is 1. The third-order valence-corrected chi connectivity index (χ3v) is 3.17. The number of benzene rings is 2. The smallest absolute Gasteiger partial charge is 0.343 e. The first-order valence-electron chi connectivity index (χ1n) is 6.57. The van der Waals surface area contributed by atoms with Gasteiger partial charge in [0.1, 0.15) is 5.75 Å². The third-order valence-electron chi connectivity index (χ3n) is 3.17. The summed E-state index contributed by atoms with van der Waals surface area (Å²) in [5, 5.41) is 10.7. The van der Waals surface area contributed by atoms with Gasteiger partial charge in [0.15, 0.2) is 0 Å². The van der Waals surface area contributed by atoms with Crippen LogP contribution in [0.2, 0.25) is 0 Å². The molecule has 0 N–H and O–H groups in total. The molecule has 5 nitrogen and oxygen atoms in total. The van der Waals surface area contributed by atoms with E-state index in [1.807, 2.05) is 19.1 Å². The standard InChI is InChI=1S/C16H15NO4/c1-3-12-4-7-14(8-5-12)21-16(18)13-6-9-15(17(19)20)11(2)10-13/h4-10H,3H2,1-2H3. The van der Waals surface area contributed by atoms with Crippen molar-refractivity contribution in [2.75, 3.05) is 0 Å². The second kappa shape index (κ2) is 6.17. The Morgan fingerprint density at radius 2 is 1.86 bits per heavy atom. The van der Waals surface area contributed by atoms with Gasteiger partial charge in [-0.25, -0.2) is 4.79 Å². The lowest BCUT2D eigenvalue weighted by Crippen LogP contribution is -2.09. The van der Waals surface area contributed by atoms with Gasteiger partial charge in [0.05, 0.1) is 10.5 Å². The molecule has 21 heavy (non-hydrogen) atoms. The van der Waals surface area contributed by atoms with E-state index in [0.717, 1.165) is 12.0 Å². The monoisotopic (exact) mass is 285 g/mol. The summed E-state index contributed by atoms with van der Waals surface area (Å²) < 4.78 is 5.25. The fourth-order valence-electron chi connectivity index (χ4n) is 1.95. The molecular weight excluding hydrogens is 270 g/mol. The highest BCUT2D eigenvalue weighted by molar-refractivity contribution is 5.91. The van der Waals surface area contributed by atoms with E-state index in [2.05, 4.69) is 0 Å². The number of esters is 1. The maximum absolute atomic E-state index is 12.0. The lowest BCUT2D eigenvalue weighted by Gasteiger charge is -2.06. The van der Waals surface area contributed by atoms with Gasteiger partial charge >= 0.3 is 5.97 Å². The summed E-state index contributed by atoms with van der Waals surface area (Å²) in [5.41, 5.74) is 1.85. The fraction of sp³-hybridized carbons (Fsp3) is 0.188. The first-order valence-corrected chi connectivity index (χ1v) is 6.57. The van der Waals surface area contributed by atoms with Crippen LogP contribution in [-0.4, -0.2) is 10.9 Å². The lowest BCUT2D eigenvalue weighted by molar-refractivity contribution is -0.385.